The first-order valence-corrected chi connectivity index (χ1v) is 11.2. The minimum Gasteiger partial charge on any atom is -0.493 e. The normalized spacial score (nSPS) is 14.3. The van der Waals surface area contributed by atoms with Gasteiger partial charge in [0.15, 0.2) is 23.0 Å². The maximum atomic E-state index is 12.5. The summed E-state index contributed by atoms with van der Waals surface area (Å²) in [4.78, 5) is 12.5. The first-order chi connectivity index (χ1) is 17.0. The van der Waals surface area contributed by atoms with Crippen molar-refractivity contribution in [3.8, 4) is 39.9 Å². The summed E-state index contributed by atoms with van der Waals surface area (Å²) in [6, 6.07) is 14.9. The number of methoxy groups -OCH3 is 2. The average molecular weight is 476 g/mol. The van der Waals surface area contributed by atoms with E-state index in [4.69, 9.17) is 23.3 Å². The molecule has 1 N–H and O–H groups in total. The number of ether oxygens (including phenoxy) is 3. The third-order valence-electron chi connectivity index (χ3n) is 5.77. The number of aromatic nitrogens is 2. The van der Waals surface area contributed by atoms with Crippen LogP contribution in [-0.4, -0.2) is 36.5 Å². The van der Waals surface area contributed by atoms with Crippen molar-refractivity contribution >= 4 is 5.91 Å². The highest BCUT2D eigenvalue weighted by Gasteiger charge is 2.20. The first kappa shape index (κ1) is 22.5. The molecular weight excluding hydrogens is 450 g/mol. The highest BCUT2D eigenvalue weighted by atomic mass is 16.5. The summed E-state index contributed by atoms with van der Waals surface area (Å²) in [6.45, 7) is 2.27. The molecule has 2 aromatic heterocycles. The lowest BCUT2D eigenvalue weighted by molar-refractivity contribution is -0.120. The van der Waals surface area contributed by atoms with Crippen molar-refractivity contribution in [3.05, 3.63) is 65.5 Å². The molecule has 3 heterocycles. The number of benzene rings is 2. The number of nitrogens with one attached hydrogen (secondary N) is 1. The maximum absolute atomic E-state index is 12.5. The molecule has 35 heavy (non-hydrogen) atoms. The Morgan fingerprint density at radius 2 is 1.63 bits per heavy atom. The second-order valence-corrected chi connectivity index (χ2v) is 8.34. The van der Waals surface area contributed by atoms with Crippen LogP contribution < -0.4 is 19.5 Å². The zero-order valence-electron chi connectivity index (χ0n) is 19.7. The van der Waals surface area contributed by atoms with Gasteiger partial charge in [-0.05, 0) is 48.9 Å². The Morgan fingerprint density at radius 1 is 0.943 bits per heavy atom. The number of carbonyl (C=O) groups is 1. The molecule has 0 radical (unpaired) electrons. The fourth-order valence-corrected chi connectivity index (χ4v) is 4.04. The predicted molar refractivity (Wildman–Crippen MR) is 126 cm³/mol. The van der Waals surface area contributed by atoms with Crippen LogP contribution in [0.15, 0.2) is 57.6 Å². The lowest BCUT2D eigenvalue weighted by Crippen LogP contribution is -2.24. The van der Waals surface area contributed by atoms with Gasteiger partial charge in [0.2, 0.25) is 5.91 Å². The summed E-state index contributed by atoms with van der Waals surface area (Å²) in [5, 5.41) is 10.9. The molecule has 0 saturated heterocycles. The fraction of sp³-hybridized carbons (Fsp3) is 0.269. The Labute approximate surface area is 201 Å². The van der Waals surface area contributed by atoms with Crippen molar-refractivity contribution in [2.24, 2.45) is 0 Å². The molecule has 1 atom stereocenters. The van der Waals surface area contributed by atoms with Crippen LogP contribution in [0.25, 0.3) is 22.6 Å². The van der Waals surface area contributed by atoms with E-state index in [-0.39, 0.29) is 25.0 Å². The van der Waals surface area contributed by atoms with Gasteiger partial charge in [0.1, 0.15) is 17.5 Å². The van der Waals surface area contributed by atoms with E-state index in [2.05, 4.69) is 15.6 Å². The van der Waals surface area contributed by atoms with Crippen molar-refractivity contribution in [3.63, 3.8) is 0 Å². The molecule has 4 aromatic rings. The van der Waals surface area contributed by atoms with E-state index >= 15 is 0 Å². The van der Waals surface area contributed by atoms with E-state index in [1.807, 2.05) is 31.2 Å². The van der Waals surface area contributed by atoms with Crippen LogP contribution in [0.2, 0.25) is 0 Å². The van der Waals surface area contributed by atoms with Gasteiger partial charge in [0.25, 0.3) is 0 Å². The summed E-state index contributed by atoms with van der Waals surface area (Å²) < 4.78 is 27.2. The highest BCUT2D eigenvalue weighted by molar-refractivity contribution is 5.78. The summed E-state index contributed by atoms with van der Waals surface area (Å²) in [7, 11) is 3.15. The van der Waals surface area contributed by atoms with Gasteiger partial charge in [-0.2, -0.15) is 0 Å². The molecule has 180 valence electrons. The van der Waals surface area contributed by atoms with Crippen LogP contribution in [0.5, 0.6) is 17.2 Å². The number of hydrogen-bond donors (Lipinski definition) is 1. The molecule has 0 fully saturated rings. The monoisotopic (exact) mass is 475 g/mol. The van der Waals surface area contributed by atoms with E-state index in [0.29, 0.717) is 34.4 Å². The molecule has 0 spiro atoms. The Hall–Kier alpha value is -4.27. The molecule has 0 bridgehead atoms. The minimum absolute atomic E-state index is 0.0922. The summed E-state index contributed by atoms with van der Waals surface area (Å²) >= 11 is 0. The lowest BCUT2D eigenvalue weighted by Gasteiger charge is -2.07. The van der Waals surface area contributed by atoms with Gasteiger partial charge < -0.3 is 28.6 Å². The van der Waals surface area contributed by atoms with Crippen molar-refractivity contribution in [2.75, 3.05) is 14.2 Å². The quantitative estimate of drug-likeness (QED) is 0.404. The Kier molecular flexibility index (Phi) is 6.13. The molecule has 5 rings (SSSR count). The van der Waals surface area contributed by atoms with E-state index in [0.717, 1.165) is 28.9 Å². The maximum Gasteiger partial charge on any atom is 0.226 e. The zero-order valence-corrected chi connectivity index (χ0v) is 19.7. The molecule has 1 amide bonds. The van der Waals surface area contributed by atoms with Crippen molar-refractivity contribution in [1.29, 1.82) is 0 Å². The van der Waals surface area contributed by atoms with Gasteiger partial charge in [-0.25, -0.2) is 0 Å². The molecule has 2 aromatic carbocycles. The fourth-order valence-electron chi connectivity index (χ4n) is 4.04. The standard InChI is InChI=1S/C26H25N3O6/c1-15-8-18-9-16(4-6-21(18)33-15)23-11-19(28-34-23)13-26(30)27-14-20-12-24(35-29-20)17-5-7-22(31-2)25(10-17)32-3/h4-7,9-12,15H,8,13-14H2,1-3H3,(H,27,30). The largest absolute Gasteiger partial charge is 0.493 e. The third-order valence-corrected chi connectivity index (χ3v) is 5.77. The lowest BCUT2D eigenvalue weighted by atomic mass is 10.1. The van der Waals surface area contributed by atoms with Gasteiger partial charge in [-0.15, -0.1) is 0 Å². The molecule has 1 unspecified atom stereocenters. The summed E-state index contributed by atoms with van der Waals surface area (Å²) in [5.41, 5.74) is 3.99. The smallest absolute Gasteiger partial charge is 0.226 e. The third kappa shape index (κ3) is 4.84. The number of rotatable bonds is 8. The van der Waals surface area contributed by atoms with Crippen LogP contribution in [0.3, 0.4) is 0 Å². The van der Waals surface area contributed by atoms with E-state index < -0.39 is 0 Å². The Bertz CT molecular complexity index is 1360. The van der Waals surface area contributed by atoms with Crippen LogP contribution in [0.4, 0.5) is 0 Å². The van der Waals surface area contributed by atoms with Crippen LogP contribution in [0.1, 0.15) is 23.9 Å². The average Bonchev–Trinajstić information content (AvgIpc) is 3.61. The molecule has 1 aliphatic rings. The molecule has 9 nitrogen and oxygen atoms in total. The topological polar surface area (TPSA) is 109 Å². The van der Waals surface area contributed by atoms with E-state index in [9.17, 15) is 4.79 Å². The van der Waals surface area contributed by atoms with Gasteiger partial charge in [-0.3, -0.25) is 4.79 Å². The molecule has 9 heteroatoms. The van der Waals surface area contributed by atoms with Crippen LogP contribution in [-0.2, 0) is 24.2 Å². The summed E-state index contributed by atoms with van der Waals surface area (Å²) in [5.74, 6) is 3.10. The van der Waals surface area contributed by atoms with Crippen molar-refractivity contribution < 1.29 is 28.1 Å². The van der Waals surface area contributed by atoms with Gasteiger partial charge >= 0.3 is 0 Å². The van der Waals surface area contributed by atoms with Gasteiger partial charge in [0, 0.05) is 29.7 Å². The molecule has 1 aliphatic heterocycles. The van der Waals surface area contributed by atoms with Crippen LogP contribution in [0, 0.1) is 0 Å². The molecule has 0 saturated carbocycles. The summed E-state index contributed by atoms with van der Waals surface area (Å²) in [6.07, 6.45) is 1.13. The van der Waals surface area contributed by atoms with E-state index in [1.54, 1.807) is 38.5 Å². The Balaban J connectivity index is 1.18. The minimum atomic E-state index is -0.198. The first-order valence-electron chi connectivity index (χ1n) is 11.2. The van der Waals surface area contributed by atoms with Crippen LogP contribution >= 0.6 is 0 Å². The van der Waals surface area contributed by atoms with E-state index in [1.165, 1.54) is 0 Å². The van der Waals surface area contributed by atoms with Gasteiger partial charge in [-0.1, -0.05) is 10.3 Å². The number of hydrogen-bond acceptors (Lipinski definition) is 8. The predicted octanol–water partition coefficient (Wildman–Crippen LogP) is 4.20. The van der Waals surface area contributed by atoms with Crippen molar-refractivity contribution in [1.82, 2.24) is 15.6 Å². The molecular formula is C26H25N3O6. The highest BCUT2D eigenvalue weighted by Crippen LogP contribution is 2.34. The zero-order chi connectivity index (χ0) is 24.4. The number of carbonyl (C=O) groups excluding carboxylic acids is 1. The second kappa shape index (κ2) is 9.54. The van der Waals surface area contributed by atoms with Crippen molar-refractivity contribution in [2.45, 2.75) is 32.4 Å². The number of amides is 1. The Morgan fingerprint density at radius 3 is 2.40 bits per heavy atom. The second-order valence-electron chi connectivity index (χ2n) is 8.34. The number of fused-ring (bicyclic) bond motifs is 1. The SMILES string of the molecule is COc1ccc(-c2cc(CNC(=O)Cc3cc(-c4ccc5c(c4)CC(C)O5)on3)no2)cc1OC. The number of nitrogens with zero attached hydrogens (tertiary/aromatic N) is 2. The molecule has 0 aliphatic carbocycles. The van der Waals surface area contributed by atoms with Gasteiger partial charge in [0.05, 0.1) is 32.9 Å².